The molecule has 10 heavy (non-hydrogen) atoms. The number of nitrogens with two attached hydrogens (primary N) is 1. The molecule has 0 bridgehead atoms. The van der Waals surface area contributed by atoms with Crippen molar-refractivity contribution in [2.75, 3.05) is 19.6 Å². The van der Waals surface area contributed by atoms with Crippen LogP contribution in [0.5, 0.6) is 0 Å². The lowest BCUT2D eigenvalue weighted by Crippen LogP contribution is -2.25. The second-order valence-electron chi connectivity index (χ2n) is 2.25. The first kappa shape index (κ1) is 6.24. The summed E-state index contributed by atoms with van der Waals surface area (Å²) in [4.78, 5) is 6.48. The molecule has 0 radical (unpaired) electrons. The van der Waals surface area contributed by atoms with E-state index in [1.54, 1.807) is 11.8 Å². The predicted octanol–water partition coefficient (Wildman–Crippen LogP) is 0.205. The zero-order valence-corrected chi connectivity index (χ0v) is 6.40. The Morgan fingerprint density at radius 1 is 1.80 bits per heavy atom. The van der Waals surface area contributed by atoms with Crippen LogP contribution in [0.4, 0.5) is 0 Å². The van der Waals surface area contributed by atoms with E-state index in [1.165, 1.54) is 5.70 Å². The van der Waals surface area contributed by atoms with Gasteiger partial charge in [-0.1, -0.05) is 11.8 Å². The summed E-state index contributed by atoms with van der Waals surface area (Å²) in [5.41, 5.74) is 6.72. The molecule has 0 aromatic carbocycles. The SMILES string of the molecule is NCC1=CSC2=NCCN12. The van der Waals surface area contributed by atoms with Crippen LogP contribution in [-0.2, 0) is 0 Å². The Morgan fingerprint density at radius 2 is 2.70 bits per heavy atom. The summed E-state index contributed by atoms with van der Waals surface area (Å²) >= 11 is 1.68. The van der Waals surface area contributed by atoms with Crippen LogP contribution >= 0.6 is 11.8 Å². The van der Waals surface area contributed by atoms with Gasteiger partial charge >= 0.3 is 0 Å². The molecule has 0 atom stereocenters. The highest BCUT2D eigenvalue weighted by Crippen LogP contribution is 2.27. The smallest absolute Gasteiger partial charge is 0.168 e. The molecule has 54 valence electrons. The summed E-state index contributed by atoms with van der Waals surface area (Å²) in [6.45, 7) is 2.58. The van der Waals surface area contributed by atoms with Gasteiger partial charge in [-0.15, -0.1) is 0 Å². The van der Waals surface area contributed by atoms with E-state index in [1.807, 2.05) is 0 Å². The molecule has 2 aliphatic rings. The maximum atomic E-state index is 5.51. The summed E-state index contributed by atoms with van der Waals surface area (Å²) in [6, 6.07) is 0. The Labute approximate surface area is 64.0 Å². The van der Waals surface area contributed by atoms with Crippen molar-refractivity contribution in [3.05, 3.63) is 11.1 Å². The summed E-state index contributed by atoms with van der Waals surface area (Å²) in [7, 11) is 0. The Morgan fingerprint density at radius 3 is 3.50 bits per heavy atom. The number of thioether (sulfide) groups is 1. The van der Waals surface area contributed by atoms with Crippen LogP contribution < -0.4 is 5.73 Å². The van der Waals surface area contributed by atoms with E-state index >= 15 is 0 Å². The molecule has 0 spiro atoms. The molecule has 2 N–H and O–H groups in total. The molecule has 4 heteroatoms. The molecule has 0 aromatic heterocycles. The van der Waals surface area contributed by atoms with E-state index in [2.05, 4.69) is 15.3 Å². The van der Waals surface area contributed by atoms with Gasteiger partial charge in [-0.25, -0.2) is 0 Å². The average Bonchev–Trinajstić information content (AvgIpc) is 2.44. The van der Waals surface area contributed by atoms with Gasteiger partial charge in [0.05, 0.1) is 6.54 Å². The molecule has 3 nitrogen and oxygen atoms in total. The molecule has 0 aromatic rings. The maximum Gasteiger partial charge on any atom is 0.168 e. The maximum absolute atomic E-state index is 5.51. The molecule has 0 saturated heterocycles. The zero-order chi connectivity index (χ0) is 6.97. The number of amidine groups is 1. The van der Waals surface area contributed by atoms with E-state index in [0.717, 1.165) is 18.3 Å². The van der Waals surface area contributed by atoms with Crippen molar-refractivity contribution in [1.29, 1.82) is 0 Å². The first-order valence-electron chi connectivity index (χ1n) is 3.29. The minimum Gasteiger partial charge on any atom is -0.325 e. The Hall–Kier alpha value is -0.480. The van der Waals surface area contributed by atoms with Gasteiger partial charge in [-0.05, 0) is 5.41 Å². The molecule has 2 heterocycles. The molecule has 2 rings (SSSR count). The fourth-order valence-corrected chi connectivity index (χ4v) is 2.10. The van der Waals surface area contributed by atoms with Crippen LogP contribution in [0.1, 0.15) is 0 Å². The molecule has 0 amide bonds. The van der Waals surface area contributed by atoms with Crippen molar-refractivity contribution in [3.63, 3.8) is 0 Å². The molecule has 0 unspecified atom stereocenters. The number of aliphatic imine (C=N–C) groups is 1. The van der Waals surface area contributed by atoms with Crippen LogP contribution in [0.3, 0.4) is 0 Å². The third-order valence-electron chi connectivity index (χ3n) is 1.66. The molecule has 0 fully saturated rings. The number of hydrogen-bond donors (Lipinski definition) is 1. The van der Waals surface area contributed by atoms with Crippen molar-refractivity contribution in [3.8, 4) is 0 Å². The summed E-state index contributed by atoms with van der Waals surface area (Å²) in [5, 5.41) is 3.21. The largest absolute Gasteiger partial charge is 0.325 e. The van der Waals surface area contributed by atoms with Crippen LogP contribution in [0.2, 0.25) is 0 Å². The second kappa shape index (κ2) is 2.29. The second-order valence-corrected chi connectivity index (χ2v) is 3.08. The summed E-state index contributed by atoms with van der Waals surface area (Å²) in [6.07, 6.45) is 0. The molecule has 0 aliphatic carbocycles. The Balaban J connectivity index is 2.20. The first-order chi connectivity index (χ1) is 4.92. The third-order valence-corrected chi connectivity index (χ3v) is 2.61. The third kappa shape index (κ3) is 0.759. The lowest BCUT2D eigenvalue weighted by Gasteiger charge is -2.13. The van der Waals surface area contributed by atoms with E-state index in [4.69, 9.17) is 5.73 Å². The Kier molecular flexibility index (Phi) is 1.43. The van der Waals surface area contributed by atoms with Crippen molar-refractivity contribution >= 4 is 16.9 Å². The number of fused-ring (bicyclic) bond motifs is 1. The van der Waals surface area contributed by atoms with E-state index in [0.29, 0.717) is 6.54 Å². The molecular formula is C6H9N3S. The number of hydrogen-bond acceptors (Lipinski definition) is 4. The number of rotatable bonds is 1. The first-order valence-corrected chi connectivity index (χ1v) is 4.17. The minimum absolute atomic E-state index is 0.631. The molecular weight excluding hydrogens is 146 g/mol. The molecule has 0 saturated carbocycles. The fourth-order valence-electron chi connectivity index (χ4n) is 1.14. The van der Waals surface area contributed by atoms with Gasteiger partial charge in [0.25, 0.3) is 0 Å². The van der Waals surface area contributed by atoms with Gasteiger partial charge in [0.2, 0.25) is 0 Å². The van der Waals surface area contributed by atoms with E-state index < -0.39 is 0 Å². The van der Waals surface area contributed by atoms with Gasteiger partial charge in [-0.2, -0.15) is 0 Å². The standard InChI is InChI=1S/C6H9N3S/c7-3-5-4-10-6-8-1-2-9(5)6/h4H,1-3,7H2. The summed E-state index contributed by atoms with van der Waals surface area (Å²) < 4.78 is 0. The fraction of sp³-hybridized carbons (Fsp3) is 0.500. The quantitative estimate of drug-likeness (QED) is 0.588. The minimum atomic E-state index is 0.631. The van der Waals surface area contributed by atoms with Gasteiger partial charge in [0.15, 0.2) is 5.17 Å². The topological polar surface area (TPSA) is 41.6 Å². The van der Waals surface area contributed by atoms with E-state index in [-0.39, 0.29) is 0 Å². The van der Waals surface area contributed by atoms with Crippen molar-refractivity contribution in [2.45, 2.75) is 0 Å². The Bertz CT molecular complexity index is 209. The summed E-state index contributed by atoms with van der Waals surface area (Å²) in [5.74, 6) is 0. The van der Waals surface area contributed by atoms with E-state index in [9.17, 15) is 0 Å². The highest BCUT2D eigenvalue weighted by atomic mass is 32.2. The molecule has 2 aliphatic heterocycles. The highest BCUT2D eigenvalue weighted by molar-refractivity contribution is 8.16. The lowest BCUT2D eigenvalue weighted by atomic mass is 10.4. The normalized spacial score (nSPS) is 22.7. The average molecular weight is 155 g/mol. The van der Waals surface area contributed by atoms with Crippen LogP contribution in [0, 0.1) is 0 Å². The van der Waals surface area contributed by atoms with Crippen LogP contribution in [0.15, 0.2) is 16.1 Å². The zero-order valence-electron chi connectivity index (χ0n) is 5.58. The predicted molar refractivity (Wildman–Crippen MR) is 43.7 cm³/mol. The van der Waals surface area contributed by atoms with Gasteiger partial charge in [0.1, 0.15) is 0 Å². The lowest BCUT2D eigenvalue weighted by molar-refractivity contribution is 0.564. The van der Waals surface area contributed by atoms with Crippen LogP contribution in [-0.4, -0.2) is 29.7 Å². The van der Waals surface area contributed by atoms with Crippen molar-refractivity contribution in [2.24, 2.45) is 10.7 Å². The monoisotopic (exact) mass is 155 g/mol. The van der Waals surface area contributed by atoms with Gasteiger partial charge < -0.3 is 10.6 Å². The van der Waals surface area contributed by atoms with Crippen molar-refractivity contribution in [1.82, 2.24) is 4.90 Å². The van der Waals surface area contributed by atoms with Gasteiger partial charge in [0, 0.05) is 18.8 Å². The van der Waals surface area contributed by atoms with Crippen molar-refractivity contribution < 1.29 is 0 Å². The number of nitrogens with zero attached hydrogens (tertiary/aromatic N) is 2. The van der Waals surface area contributed by atoms with Gasteiger partial charge in [-0.3, -0.25) is 4.99 Å². The highest BCUT2D eigenvalue weighted by Gasteiger charge is 2.24. The van der Waals surface area contributed by atoms with Crippen LogP contribution in [0.25, 0.3) is 0 Å².